The third-order valence-electron chi connectivity index (χ3n) is 4.55. The van der Waals surface area contributed by atoms with Crippen LogP contribution in [0.1, 0.15) is 45.4 Å². The number of methoxy groups -OCH3 is 1. The Labute approximate surface area is 131 Å². The lowest BCUT2D eigenvalue weighted by Crippen LogP contribution is -2.47. The minimum atomic E-state index is -0.743. The Balaban J connectivity index is 1.91. The smallest absolute Gasteiger partial charge is 0.328 e. The first-order valence-corrected chi connectivity index (χ1v) is 8.17. The molecule has 6 heteroatoms. The van der Waals surface area contributed by atoms with Gasteiger partial charge in [-0.1, -0.05) is 19.8 Å². The van der Waals surface area contributed by atoms with Crippen molar-refractivity contribution in [1.82, 2.24) is 10.6 Å². The molecule has 124 valence electrons. The van der Waals surface area contributed by atoms with Gasteiger partial charge in [-0.2, -0.15) is 0 Å². The summed E-state index contributed by atoms with van der Waals surface area (Å²) < 4.78 is 4.78. The number of nitrogens with one attached hydrogen (secondary N) is 2. The molecule has 0 bridgehead atoms. The fourth-order valence-corrected chi connectivity index (χ4v) is 2.98. The molecule has 0 aromatic rings. The molecule has 6 nitrogen and oxygen atoms in total. The SMILES string of the molecule is COC(=O)[C@H](C[C@@H]1CCCNC1=O)NC(=O)[C@@H](C)CC1CC1. The summed E-state index contributed by atoms with van der Waals surface area (Å²) in [6, 6.07) is -0.743. The topological polar surface area (TPSA) is 84.5 Å². The van der Waals surface area contributed by atoms with Gasteiger partial charge < -0.3 is 15.4 Å². The van der Waals surface area contributed by atoms with Gasteiger partial charge in [0.25, 0.3) is 0 Å². The number of amides is 2. The van der Waals surface area contributed by atoms with Crippen LogP contribution in [0.3, 0.4) is 0 Å². The van der Waals surface area contributed by atoms with Crippen molar-refractivity contribution in [1.29, 1.82) is 0 Å². The first-order chi connectivity index (χ1) is 10.5. The fraction of sp³-hybridized carbons (Fsp3) is 0.812. The van der Waals surface area contributed by atoms with Crippen LogP contribution in [0, 0.1) is 17.8 Å². The molecule has 0 aromatic carbocycles. The van der Waals surface area contributed by atoms with Crippen LogP contribution in [0.4, 0.5) is 0 Å². The molecule has 2 amide bonds. The molecule has 1 saturated carbocycles. The van der Waals surface area contributed by atoms with E-state index in [2.05, 4.69) is 10.6 Å². The number of ether oxygens (including phenoxy) is 1. The fourth-order valence-electron chi connectivity index (χ4n) is 2.98. The first-order valence-electron chi connectivity index (χ1n) is 8.17. The number of esters is 1. The molecule has 1 aliphatic carbocycles. The predicted octanol–water partition coefficient (Wildman–Crippen LogP) is 0.997. The molecule has 2 aliphatic rings. The van der Waals surface area contributed by atoms with E-state index in [1.807, 2.05) is 6.92 Å². The van der Waals surface area contributed by atoms with Gasteiger partial charge in [-0.05, 0) is 31.6 Å². The summed E-state index contributed by atoms with van der Waals surface area (Å²) in [5.41, 5.74) is 0. The summed E-state index contributed by atoms with van der Waals surface area (Å²) in [5.74, 6) is -0.345. The molecule has 3 atom stereocenters. The molecule has 0 unspecified atom stereocenters. The van der Waals surface area contributed by atoms with Crippen molar-refractivity contribution in [3.63, 3.8) is 0 Å². The molecule has 2 fully saturated rings. The Morgan fingerprint density at radius 2 is 2.05 bits per heavy atom. The van der Waals surface area contributed by atoms with Gasteiger partial charge in [-0.25, -0.2) is 4.79 Å². The van der Waals surface area contributed by atoms with Gasteiger partial charge >= 0.3 is 5.97 Å². The highest BCUT2D eigenvalue weighted by atomic mass is 16.5. The molecule has 2 N–H and O–H groups in total. The molecule has 0 aromatic heterocycles. The van der Waals surface area contributed by atoms with Crippen LogP contribution in [0.25, 0.3) is 0 Å². The van der Waals surface area contributed by atoms with E-state index >= 15 is 0 Å². The van der Waals surface area contributed by atoms with Crippen LogP contribution in [0.5, 0.6) is 0 Å². The molecule has 1 aliphatic heterocycles. The normalized spacial score (nSPS) is 24.1. The van der Waals surface area contributed by atoms with Gasteiger partial charge in [-0.15, -0.1) is 0 Å². The van der Waals surface area contributed by atoms with Crippen LogP contribution in [0.2, 0.25) is 0 Å². The van der Waals surface area contributed by atoms with Crippen molar-refractivity contribution in [3.8, 4) is 0 Å². The average Bonchev–Trinajstić information content (AvgIpc) is 3.31. The van der Waals surface area contributed by atoms with E-state index in [0.29, 0.717) is 18.9 Å². The van der Waals surface area contributed by atoms with E-state index in [4.69, 9.17) is 4.74 Å². The zero-order valence-electron chi connectivity index (χ0n) is 13.4. The number of piperidine rings is 1. The molecule has 0 spiro atoms. The second-order valence-corrected chi connectivity index (χ2v) is 6.53. The van der Waals surface area contributed by atoms with Gasteiger partial charge in [0, 0.05) is 18.4 Å². The maximum Gasteiger partial charge on any atom is 0.328 e. The summed E-state index contributed by atoms with van der Waals surface area (Å²) in [7, 11) is 1.30. The number of carbonyl (C=O) groups is 3. The van der Waals surface area contributed by atoms with Crippen LogP contribution in [-0.4, -0.2) is 37.5 Å². The molecule has 22 heavy (non-hydrogen) atoms. The highest BCUT2D eigenvalue weighted by Gasteiger charge is 2.32. The van der Waals surface area contributed by atoms with E-state index in [-0.39, 0.29) is 23.7 Å². The second-order valence-electron chi connectivity index (χ2n) is 6.53. The maximum absolute atomic E-state index is 12.2. The van der Waals surface area contributed by atoms with Crippen LogP contribution in [0.15, 0.2) is 0 Å². The first kappa shape index (κ1) is 16.8. The van der Waals surface area contributed by atoms with Crippen molar-refractivity contribution in [2.24, 2.45) is 17.8 Å². The van der Waals surface area contributed by atoms with E-state index in [1.165, 1.54) is 20.0 Å². The molecule has 0 radical (unpaired) electrons. The summed E-state index contributed by atoms with van der Waals surface area (Å²) >= 11 is 0. The molecular weight excluding hydrogens is 284 g/mol. The van der Waals surface area contributed by atoms with Gasteiger partial charge in [0.15, 0.2) is 0 Å². The Morgan fingerprint density at radius 1 is 1.32 bits per heavy atom. The van der Waals surface area contributed by atoms with E-state index in [1.54, 1.807) is 0 Å². The number of rotatable bonds is 7. The standard InChI is InChI=1S/C16H26N2O4/c1-10(8-11-5-6-11)14(19)18-13(16(21)22-2)9-12-4-3-7-17-15(12)20/h10-13H,3-9H2,1-2H3,(H,17,20)(H,18,19)/t10-,12-,13-/m0/s1. The van der Waals surface area contributed by atoms with E-state index in [9.17, 15) is 14.4 Å². The minimum absolute atomic E-state index is 0.0413. The van der Waals surface area contributed by atoms with Crippen molar-refractivity contribution in [3.05, 3.63) is 0 Å². The quantitative estimate of drug-likeness (QED) is 0.687. The highest BCUT2D eigenvalue weighted by Crippen LogP contribution is 2.35. The lowest BCUT2D eigenvalue weighted by Gasteiger charge is -2.26. The monoisotopic (exact) mass is 310 g/mol. The van der Waals surface area contributed by atoms with Crippen molar-refractivity contribution in [2.45, 2.75) is 51.5 Å². The summed E-state index contributed by atoms with van der Waals surface area (Å²) in [6.45, 7) is 2.57. The predicted molar refractivity (Wildman–Crippen MR) is 80.8 cm³/mol. The lowest BCUT2D eigenvalue weighted by atomic mass is 9.91. The largest absolute Gasteiger partial charge is 0.467 e. The maximum atomic E-state index is 12.2. The molecule has 2 rings (SSSR count). The van der Waals surface area contributed by atoms with Crippen LogP contribution in [-0.2, 0) is 19.1 Å². The Kier molecular flexibility index (Phi) is 5.80. The number of hydrogen-bond acceptors (Lipinski definition) is 4. The van der Waals surface area contributed by atoms with Crippen molar-refractivity contribution < 1.29 is 19.1 Å². The summed E-state index contributed by atoms with van der Waals surface area (Å²) in [6.07, 6.45) is 5.20. The molecule has 1 saturated heterocycles. The van der Waals surface area contributed by atoms with Crippen molar-refractivity contribution in [2.75, 3.05) is 13.7 Å². The van der Waals surface area contributed by atoms with Gasteiger partial charge in [-0.3, -0.25) is 9.59 Å². The third-order valence-corrected chi connectivity index (χ3v) is 4.55. The lowest BCUT2D eigenvalue weighted by molar-refractivity contribution is -0.146. The Hall–Kier alpha value is -1.59. The third kappa shape index (κ3) is 4.71. The molecule has 1 heterocycles. The summed E-state index contributed by atoms with van der Waals surface area (Å²) in [4.78, 5) is 36.0. The Morgan fingerprint density at radius 3 is 2.64 bits per heavy atom. The van der Waals surface area contributed by atoms with Gasteiger partial charge in [0.2, 0.25) is 11.8 Å². The highest BCUT2D eigenvalue weighted by molar-refractivity contribution is 5.86. The van der Waals surface area contributed by atoms with E-state index < -0.39 is 12.0 Å². The van der Waals surface area contributed by atoms with Crippen LogP contribution < -0.4 is 10.6 Å². The average molecular weight is 310 g/mol. The zero-order chi connectivity index (χ0) is 16.1. The number of hydrogen-bond donors (Lipinski definition) is 2. The van der Waals surface area contributed by atoms with Gasteiger partial charge in [0.05, 0.1) is 7.11 Å². The second kappa shape index (κ2) is 7.61. The minimum Gasteiger partial charge on any atom is -0.467 e. The number of carbonyl (C=O) groups excluding carboxylic acids is 3. The zero-order valence-corrected chi connectivity index (χ0v) is 13.4. The van der Waals surface area contributed by atoms with Gasteiger partial charge in [0.1, 0.15) is 6.04 Å². The van der Waals surface area contributed by atoms with Crippen molar-refractivity contribution >= 4 is 17.8 Å². The van der Waals surface area contributed by atoms with E-state index in [0.717, 1.165) is 19.3 Å². The summed E-state index contributed by atoms with van der Waals surface area (Å²) in [5, 5.41) is 5.58. The van der Waals surface area contributed by atoms with Crippen LogP contribution >= 0.6 is 0 Å². The Bertz CT molecular complexity index is 434. The molecular formula is C16H26N2O4.